The fourth-order valence-electron chi connectivity index (χ4n) is 4.92. The van der Waals surface area contributed by atoms with E-state index in [1.54, 1.807) is 37.1 Å². The first kappa shape index (κ1) is 22.6. The van der Waals surface area contributed by atoms with Crippen LogP contribution in [0, 0.1) is 0 Å². The Morgan fingerprint density at radius 1 is 1.12 bits per heavy atom. The minimum atomic E-state index is -0.297. The van der Waals surface area contributed by atoms with Gasteiger partial charge < -0.3 is 25.0 Å². The monoisotopic (exact) mass is 443 g/mol. The number of hydrogen-bond acceptors (Lipinski definition) is 5. The van der Waals surface area contributed by atoms with Gasteiger partial charge in [-0.05, 0) is 43.9 Å². The summed E-state index contributed by atoms with van der Waals surface area (Å²) >= 11 is 0. The summed E-state index contributed by atoms with van der Waals surface area (Å²) in [5.74, 6) is 0.243. The molecule has 1 saturated carbocycles. The van der Waals surface area contributed by atoms with Crippen molar-refractivity contribution in [1.29, 1.82) is 0 Å². The maximum absolute atomic E-state index is 13.2. The van der Waals surface area contributed by atoms with Gasteiger partial charge in [-0.1, -0.05) is 19.8 Å². The number of hydrogen-bond donors (Lipinski definition) is 2. The summed E-state index contributed by atoms with van der Waals surface area (Å²) in [4.78, 5) is 39.1. The quantitative estimate of drug-likeness (QED) is 0.729. The van der Waals surface area contributed by atoms with Gasteiger partial charge in [0.15, 0.2) is 0 Å². The lowest BCUT2D eigenvalue weighted by Crippen LogP contribution is -2.54. The highest BCUT2D eigenvalue weighted by Gasteiger charge is 2.39. The van der Waals surface area contributed by atoms with Crippen LogP contribution in [0.1, 0.15) is 68.6 Å². The first-order valence-electron chi connectivity index (χ1n) is 11.7. The van der Waals surface area contributed by atoms with Gasteiger partial charge in [0.25, 0.3) is 5.91 Å². The third kappa shape index (κ3) is 5.06. The molecule has 8 heteroatoms. The Bertz CT molecular complexity index is 867. The fourth-order valence-corrected chi connectivity index (χ4v) is 4.92. The van der Waals surface area contributed by atoms with E-state index in [-0.39, 0.29) is 36.0 Å². The summed E-state index contributed by atoms with van der Waals surface area (Å²) < 4.78 is 12.2. The van der Waals surface area contributed by atoms with Crippen LogP contribution in [0.15, 0.2) is 18.2 Å². The molecule has 32 heavy (non-hydrogen) atoms. The van der Waals surface area contributed by atoms with E-state index in [1.165, 1.54) is 12.8 Å². The van der Waals surface area contributed by atoms with E-state index in [9.17, 15) is 14.4 Å². The van der Waals surface area contributed by atoms with Gasteiger partial charge in [0.05, 0.1) is 24.1 Å². The highest BCUT2D eigenvalue weighted by Crippen LogP contribution is 2.32. The summed E-state index contributed by atoms with van der Waals surface area (Å²) in [6.45, 7) is 2.08. The van der Waals surface area contributed by atoms with Crippen LogP contribution in [0.25, 0.3) is 0 Å². The fraction of sp³-hybridized carbons (Fsp3) is 0.625. The van der Waals surface area contributed by atoms with Gasteiger partial charge in [-0.15, -0.1) is 0 Å². The molecule has 1 aromatic carbocycles. The number of anilines is 1. The molecule has 2 heterocycles. The molecule has 2 N–H and O–H groups in total. The van der Waals surface area contributed by atoms with Crippen molar-refractivity contribution in [2.75, 3.05) is 19.0 Å². The van der Waals surface area contributed by atoms with E-state index in [0.29, 0.717) is 42.5 Å². The van der Waals surface area contributed by atoms with Crippen molar-refractivity contribution in [3.63, 3.8) is 0 Å². The minimum absolute atomic E-state index is 0.0449. The molecule has 8 nitrogen and oxygen atoms in total. The second kappa shape index (κ2) is 9.90. The molecule has 0 spiro atoms. The molecule has 1 aromatic rings. The molecular weight excluding hydrogens is 410 g/mol. The number of ether oxygens (including phenoxy) is 2. The van der Waals surface area contributed by atoms with Gasteiger partial charge in [-0.3, -0.25) is 14.4 Å². The highest BCUT2D eigenvalue weighted by molar-refractivity contribution is 5.99. The summed E-state index contributed by atoms with van der Waals surface area (Å²) in [5.41, 5.74) is 1.00. The van der Waals surface area contributed by atoms with Crippen molar-refractivity contribution in [2.45, 2.75) is 82.6 Å². The molecule has 2 aliphatic heterocycles. The molecule has 174 valence electrons. The van der Waals surface area contributed by atoms with Crippen LogP contribution < -0.4 is 15.4 Å². The number of likely N-dealkylation sites (N-methyl/N-ethyl adjacent to an activating group) is 1. The molecule has 0 radical (unpaired) electrons. The third-order valence-electron chi connectivity index (χ3n) is 6.75. The summed E-state index contributed by atoms with van der Waals surface area (Å²) in [6, 6.07) is 5.29. The number of carbonyl (C=O) groups is 3. The first-order valence-corrected chi connectivity index (χ1v) is 11.7. The molecule has 0 aromatic heterocycles. The smallest absolute Gasteiger partial charge is 0.257 e. The third-order valence-corrected chi connectivity index (χ3v) is 6.75. The Morgan fingerprint density at radius 2 is 1.91 bits per heavy atom. The second-order valence-corrected chi connectivity index (χ2v) is 9.03. The van der Waals surface area contributed by atoms with E-state index in [1.807, 2.05) is 0 Å². The molecule has 0 bridgehead atoms. The lowest BCUT2D eigenvalue weighted by molar-refractivity contribution is -0.134. The van der Waals surface area contributed by atoms with Crippen LogP contribution in [0.5, 0.6) is 5.75 Å². The zero-order chi connectivity index (χ0) is 22.7. The molecule has 3 aliphatic rings. The minimum Gasteiger partial charge on any atom is -0.490 e. The maximum Gasteiger partial charge on any atom is 0.257 e. The van der Waals surface area contributed by atoms with Crippen molar-refractivity contribution in [3.05, 3.63) is 23.8 Å². The van der Waals surface area contributed by atoms with Crippen molar-refractivity contribution in [2.24, 2.45) is 0 Å². The molecule has 3 atom stereocenters. The molecule has 2 fully saturated rings. The largest absolute Gasteiger partial charge is 0.490 e. The van der Waals surface area contributed by atoms with Crippen molar-refractivity contribution >= 4 is 23.4 Å². The number of rotatable bonds is 5. The lowest BCUT2D eigenvalue weighted by Gasteiger charge is -2.42. The van der Waals surface area contributed by atoms with E-state index < -0.39 is 0 Å². The number of amides is 3. The number of benzene rings is 1. The molecule has 0 unspecified atom stereocenters. The van der Waals surface area contributed by atoms with Crippen molar-refractivity contribution in [3.8, 4) is 5.75 Å². The van der Waals surface area contributed by atoms with E-state index in [2.05, 4.69) is 10.6 Å². The van der Waals surface area contributed by atoms with E-state index >= 15 is 0 Å². The predicted molar refractivity (Wildman–Crippen MR) is 120 cm³/mol. The van der Waals surface area contributed by atoms with Crippen LogP contribution >= 0.6 is 0 Å². The first-order chi connectivity index (χ1) is 15.4. The van der Waals surface area contributed by atoms with Crippen LogP contribution in [-0.4, -0.2) is 60.6 Å². The Hall–Kier alpha value is -2.61. The molecular formula is C24H33N3O5. The summed E-state index contributed by atoms with van der Waals surface area (Å²) in [6.07, 6.45) is 6.19. The van der Waals surface area contributed by atoms with Gasteiger partial charge in [0, 0.05) is 25.2 Å². The Balaban J connectivity index is 1.42. The van der Waals surface area contributed by atoms with Gasteiger partial charge >= 0.3 is 0 Å². The lowest BCUT2D eigenvalue weighted by atomic mass is 9.94. The van der Waals surface area contributed by atoms with E-state index in [4.69, 9.17) is 9.47 Å². The number of nitrogens with one attached hydrogen (secondary N) is 2. The van der Waals surface area contributed by atoms with E-state index in [0.717, 1.165) is 25.7 Å². The van der Waals surface area contributed by atoms with Crippen LogP contribution in [-0.2, 0) is 14.3 Å². The number of carbonyl (C=O) groups excluding carboxylic acids is 3. The average molecular weight is 444 g/mol. The maximum atomic E-state index is 13.2. The number of nitrogens with zero attached hydrogens (tertiary/aromatic N) is 1. The topological polar surface area (TPSA) is 97.0 Å². The average Bonchev–Trinajstić information content (AvgIpc) is 3.29. The zero-order valence-corrected chi connectivity index (χ0v) is 18.9. The van der Waals surface area contributed by atoms with Gasteiger partial charge in [-0.2, -0.15) is 0 Å². The molecule has 4 rings (SSSR count). The zero-order valence-electron chi connectivity index (χ0n) is 18.9. The van der Waals surface area contributed by atoms with Crippen molar-refractivity contribution < 1.29 is 23.9 Å². The van der Waals surface area contributed by atoms with Crippen LogP contribution in [0.2, 0.25) is 0 Å². The summed E-state index contributed by atoms with van der Waals surface area (Å²) in [7, 11) is 1.78. The molecule has 1 aliphatic carbocycles. The summed E-state index contributed by atoms with van der Waals surface area (Å²) in [5, 5.41) is 5.92. The van der Waals surface area contributed by atoms with Gasteiger partial charge in [0.1, 0.15) is 18.5 Å². The highest BCUT2D eigenvalue weighted by atomic mass is 16.5. The number of fused-ring (bicyclic) bond motifs is 2. The second-order valence-electron chi connectivity index (χ2n) is 9.03. The Labute approximate surface area is 189 Å². The van der Waals surface area contributed by atoms with Crippen molar-refractivity contribution in [1.82, 2.24) is 10.2 Å². The Morgan fingerprint density at radius 3 is 2.66 bits per heavy atom. The molecule has 1 saturated heterocycles. The Kier molecular flexibility index (Phi) is 6.98. The normalized spacial score (nSPS) is 25.8. The predicted octanol–water partition coefficient (Wildman–Crippen LogP) is 2.86. The van der Waals surface area contributed by atoms with Gasteiger partial charge in [0.2, 0.25) is 11.8 Å². The van der Waals surface area contributed by atoms with Gasteiger partial charge in [-0.25, -0.2) is 0 Å². The van der Waals surface area contributed by atoms with Crippen LogP contribution in [0.4, 0.5) is 5.69 Å². The standard InChI is InChI=1S/C24H33N3O5/c1-3-22(28)26-16-8-11-20-18(12-16)24(30)27(2)19-10-9-17(32-21(19)14-31-20)13-23(29)25-15-6-4-5-7-15/h8,11-12,15,17,19,21H,3-7,9-10,13-14H2,1-2H3,(H,25,29)(H,26,28)/t17-,19+,21-/m0/s1. The van der Waals surface area contributed by atoms with Crippen LogP contribution in [0.3, 0.4) is 0 Å². The SMILES string of the molecule is CCC(=O)Nc1ccc2c(c1)C(=O)N(C)[C@@H]1CC[C@@H](CC(=O)NC3CCCC3)O[C@H]1CO2. The molecule has 3 amide bonds.